The van der Waals surface area contributed by atoms with Gasteiger partial charge in [-0.05, 0) is 46.1 Å². The Labute approximate surface area is 138 Å². The predicted octanol–water partition coefficient (Wildman–Crippen LogP) is 3.57. The number of nitrogens with one attached hydrogen (secondary N) is 1. The van der Waals surface area contributed by atoms with E-state index in [9.17, 15) is 0 Å². The van der Waals surface area contributed by atoms with Gasteiger partial charge in [-0.25, -0.2) is 0 Å². The summed E-state index contributed by atoms with van der Waals surface area (Å²) in [5, 5.41) is 0. The summed E-state index contributed by atoms with van der Waals surface area (Å²) in [6.07, 6.45) is 3.80. The van der Waals surface area contributed by atoms with Crippen molar-refractivity contribution in [2.45, 2.75) is 30.7 Å². The first-order valence-electron chi connectivity index (χ1n) is 7.00. The summed E-state index contributed by atoms with van der Waals surface area (Å²) in [5.74, 6) is 6.58. The van der Waals surface area contributed by atoms with Crippen LogP contribution in [0.1, 0.15) is 18.2 Å². The molecular formula is C16H20BrN3S. The quantitative estimate of drug-likeness (QED) is 0.447. The summed E-state index contributed by atoms with van der Waals surface area (Å²) in [7, 11) is 0. The molecule has 0 saturated heterocycles. The second kappa shape index (κ2) is 8.54. The Hall–Kier alpha value is -0.880. The minimum atomic E-state index is 0.196. The van der Waals surface area contributed by atoms with Gasteiger partial charge >= 0.3 is 0 Å². The molecule has 0 amide bonds. The minimum absolute atomic E-state index is 0.196. The number of rotatable bonds is 7. The molecule has 0 aliphatic carbocycles. The zero-order valence-corrected chi connectivity index (χ0v) is 14.5. The first-order chi connectivity index (χ1) is 10.2. The lowest BCUT2D eigenvalue weighted by molar-refractivity contribution is 0.569. The Bertz CT molecular complexity index is 560. The second-order valence-corrected chi connectivity index (χ2v) is 6.74. The molecule has 0 spiro atoms. The standard InChI is InChI=1S/C16H20BrN3S/c1-2-12-7-8-13(19-10-12)9-14(20-18)11-21-16-6-4-3-5-15(16)17/h3-8,10,14,20H,2,9,11,18H2,1H3. The number of nitrogens with two attached hydrogens (primary N) is 1. The maximum Gasteiger partial charge on any atom is 0.0420 e. The fourth-order valence-electron chi connectivity index (χ4n) is 1.96. The molecule has 0 bridgehead atoms. The first kappa shape index (κ1) is 16.5. The van der Waals surface area contributed by atoms with E-state index in [4.69, 9.17) is 5.84 Å². The Morgan fingerprint density at radius 2 is 2.10 bits per heavy atom. The van der Waals surface area contributed by atoms with Crippen molar-refractivity contribution in [2.75, 3.05) is 5.75 Å². The van der Waals surface area contributed by atoms with Crippen molar-refractivity contribution >= 4 is 27.7 Å². The van der Waals surface area contributed by atoms with E-state index in [1.807, 2.05) is 18.3 Å². The maximum atomic E-state index is 5.68. The van der Waals surface area contributed by atoms with Gasteiger partial charge in [-0.1, -0.05) is 25.1 Å². The molecule has 1 aromatic heterocycles. The van der Waals surface area contributed by atoms with Crippen molar-refractivity contribution in [1.29, 1.82) is 0 Å². The molecule has 1 atom stereocenters. The largest absolute Gasteiger partial charge is 0.271 e. The van der Waals surface area contributed by atoms with E-state index in [0.29, 0.717) is 0 Å². The van der Waals surface area contributed by atoms with Crippen molar-refractivity contribution in [2.24, 2.45) is 5.84 Å². The normalized spacial score (nSPS) is 12.3. The summed E-state index contributed by atoms with van der Waals surface area (Å²) < 4.78 is 1.12. The fourth-order valence-corrected chi connectivity index (χ4v) is 3.56. The van der Waals surface area contributed by atoms with Gasteiger partial charge in [-0.2, -0.15) is 0 Å². The van der Waals surface area contributed by atoms with Crippen molar-refractivity contribution in [1.82, 2.24) is 10.4 Å². The first-order valence-corrected chi connectivity index (χ1v) is 8.78. The molecule has 5 heteroatoms. The monoisotopic (exact) mass is 365 g/mol. The zero-order chi connectivity index (χ0) is 15.1. The molecule has 21 heavy (non-hydrogen) atoms. The number of aromatic nitrogens is 1. The van der Waals surface area contributed by atoms with Crippen LogP contribution in [0.4, 0.5) is 0 Å². The van der Waals surface area contributed by atoms with E-state index < -0.39 is 0 Å². The Morgan fingerprint density at radius 3 is 2.71 bits per heavy atom. The van der Waals surface area contributed by atoms with Gasteiger partial charge in [0.2, 0.25) is 0 Å². The number of aryl methyl sites for hydroxylation is 1. The third-order valence-corrected chi connectivity index (χ3v) is 5.45. The van der Waals surface area contributed by atoms with Gasteiger partial charge in [0.1, 0.15) is 0 Å². The number of benzene rings is 1. The average molecular weight is 366 g/mol. The summed E-state index contributed by atoms with van der Waals surface area (Å²) in [4.78, 5) is 5.72. The van der Waals surface area contributed by atoms with E-state index in [1.54, 1.807) is 11.8 Å². The highest BCUT2D eigenvalue weighted by molar-refractivity contribution is 9.10. The molecule has 0 aliphatic heterocycles. The lowest BCUT2D eigenvalue weighted by Crippen LogP contribution is -2.38. The van der Waals surface area contributed by atoms with Gasteiger partial charge in [0.15, 0.2) is 0 Å². The molecule has 0 aliphatic rings. The third kappa shape index (κ3) is 5.11. The highest BCUT2D eigenvalue weighted by Crippen LogP contribution is 2.27. The molecule has 0 radical (unpaired) electrons. The van der Waals surface area contributed by atoms with E-state index >= 15 is 0 Å². The van der Waals surface area contributed by atoms with E-state index in [0.717, 1.165) is 28.8 Å². The van der Waals surface area contributed by atoms with Crippen molar-refractivity contribution in [3.8, 4) is 0 Å². The Morgan fingerprint density at radius 1 is 1.29 bits per heavy atom. The molecule has 1 heterocycles. The van der Waals surface area contributed by atoms with Gasteiger partial charge in [0.25, 0.3) is 0 Å². The summed E-state index contributed by atoms with van der Waals surface area (Å²) in [5.41, 5.74) is 5.23. The predicted molar refractivity (Wildman–Crippen MR) is 93.3 cm³/mol. The number of thioether (sulfide) groups is 1. The SMILES string of the molecule is CCc1ccc(CC(CSc2ccccc2Br)NN)nc1. The molecular weight excluding hydrogens is 346 g/mol. The van der Waals surface area contributed by atoms with Gasteiger partial charge in [-0.15, -0.1) is 11.8 Å². The van der Waals surface area contributed by atoms with Crippen molar-refractivity contribution in [3.05, 3.63) is 58.3 Å². The summed E-state index contributed by atoms with van der Waals surface area (Å²) >= 11 is 5.36. The number of halogens is 1. The van der Waals surface area contributed by atoms with Gasteiger partial charge < -0.3 is 0 Å². The van der Waals surface area contributed by atoms with Crippen molar-refractivity contribution < 1.29 is 0 Å². The zero-order valence-electron chi connectivity index (χ0n) is 12.1. The van der Waals surface area contributed by atoms with Crippen LogP contribution in [0.25, 0.3) is 0 Å². The highest BCUT2D eigenvalue weighted by atomic mass is 79.9. The number of hydrogen-bond donors (Lipinski definition) is 2. The fraction of sp³-hybridized carbons (Fsp3) is 0.312. The lowest BCUT2D eigenvalue weighted by atomic mass is 10.1. The molecule has 1 unspecified atom stereocenters. The molecule has 0 fully saturated rings. The van der Waals surface area contributed by atoms with Crippen LogP contribution in [-0.4, -0.2) is 16.8 Å². The molecule has 3 N–H and O–H groups in total. The van der Waals surface area contributed by atoms with Gasteiger partial charge in [0, 0.05) is 39.5 Å². The van der Waals surface area contributed by atoms with Crippen LogP contribution < -0.4 is 11.3 Å². The van der Waals surface area contributed by atoms with Crippen LogP contribution in [0.15, 0.2) is 52.0 Å². The molecule has 2 rings (SSSR count). The van der Waals surface area contributed by atoms with Gasteiger partial charge in [0.05, 0.1) is 0 Å². The molecule has 112 valence electrons. The average Bonchev–Trinajstić information content (AvgIpc) is 2.53. The van der Waals surface area contributed by atoms with Crippen LogP contribution >= 0.6 is 27.7 Å². The van der Waals surface area contributed by atoms with Crippen LogP contribution in [-0.2, 0) is 12.8 Å². The number of nitrogens with zero attached hydrogens (tertiary/aromatic N) is 1. The van der Waals surface area contributed by atoms with Crippen LogP contribution in [0, 0.1) is 0 Å². The molecule has 2 aromatic rings. The summed E-state index contributed by atoms with van der Waals surface area (Å²) in [6.45, 7) is 2.13. The van der Waals surface area contributed by atoms with Crippen LogP contribution in [0.3, 0.4) is 0 Å². The topological polar surface area (TPSA) is 50.9 Å². The van der Waals surface area contributed by atoms with E-state index in [-0.39, 0.29) is 6.04 Å². The van der Waals surface area contributed by atoms with Crippen molar-refractivity contribution in [3.63, 3.8) is 0 Å². The van der Waals surface area contributed by atoms with Crippen LogP contribution in [0.5, 0.6) is 0 Å². The smallest absolute Gasteiger partial charge is 0.0420 e. The van der Waals surface area contributed by atoms with Gasteiger partial charge in [-0.3, -0.25) is 16.3 Å². The second-order valence-electron chi connectivity index (χ2n) is 4.82. The maximum absolute atomic E-state index is 5.68. The Balaban J connectivity index is 1.92. The van der Waals surface area contributed by atoms with E-state index in [1.165, 1.54) is 10.5 Å². The highest BCUT2D eigenvalue weighted by Gasteiger charge is 2.10. The summed E-state index contributed by atoms with van der Waals surface area (Å²) in [6, 6.07) is 12.6. The molecule has 1 aromatic carbocycles. The number of hydrogen-bond acceptors (Lipinski definition) is 4. The molecule has 0 saturated carbocycles. The third-order valence-electron chi connectivity index (χ3n) is 3.26. The minimum Gasteiger partial charge on any atom is -0.271 e. The lowest BCUT2D eigenvalue weighted by Gasteiger charge is -2.15. The number of pyridine rings is 1. The Kier molecular flexibility index (Phi) is 6.70. The van der Waals surface area contributed by atoms with E-state index in [2.05, 4.69) is 57.5 Å². The molecule has 3 nitrogen and oxygen atoms in total. The number of hydrazine groups is 1. The van der Waals surface area contributed by atoms with Crippen LogP contribution in [0.2, 0.25) is 0 Å².